The molecule has 1 heterocycles. The van der Waals surface area contributed by atoms with Crippen LogP contribution in [0, 0.1) is 0 Å². The summed E-state index contributed by atoms with van der Waals surface area (Å²) in [5, 5.41) is 2.80. The SMILES string of the molecule is N[C@H]1N=C(c2ccccc2)c2cc(Br)ccc2NC1=O. The molecule has 0 aromatic heterocycles. The van der Waals surface area contributed by atoms with Crippen molar-refractivity contribution >= 4 is 33.2 Å². The van der Waals surface area contributed by atoms with Crippen LogP contribution in [0.1, 0.15) is 11.1 Å². The number of hydrogen-bond acceptors (Lipinski definition) is 3. The molecule has 0 aliphatic carbocycles. The average molecular weight is 330 g/mol. The molecule has 1 atom stereocenters. The minimum Gasteiger partial charge on any atom is -0.322 e. The van der Waals surface area contributed by atoms with Gasteiger partial charge in [-0.25, -0.2) is 0 Å². The third-order valence-electron chi connectivity index (χ3n) is 3.08. The van der Waals surface area contributed by atoms with Crippen LogP contribution < -0.4 is 11.1 Å². The highest BCUT2D eigenvalue weighted by Crippen LogP contribution is 2.26. The fraction of sp³-hybridized carbons (Fsp3) is 0.0667. The Bertz CT molecular complexity index is 698. The van der Waals surface area contributed by atoms with Crippen molar-refractivity contribution < 1.29 is 4.79 Å². The van der Waals surface area contributed by atoms with Crippen molar-refractivity contribution in [2.24, 2.45) is 10.7 Å². The van der Waals surface area contributed by atoms with Crippen LogP contribution in [-0.2, 0) is 4.79 Å². The van der Waals surface area contributed by atoms with E-state index < -0.39 is 6.17 Å². The molecule has 1 amide bonds. The molecule has 1 aliphatic rings. The number of benzodiazepines with no additional fused rings is 1. The van der Waals surface area contributed by atoms with E-state index >= 15 is 0 Å². The van der Waals surface area contributed by atoms with E-state index in [1.807, 2.05) is 48.5 Å². The lowest BCUT2D eigenvalue weighted by Gasteiger charge is -2.10. The first kappa shape index (κ1) is 13.0. The van der Waals surface area contributed by atoms with Gasteiger partial charge in [-0.3, -0.25) is 9.79 Å². The zero-order valence-corrected chi connectivity index (χ0v) is 12.1. The zero-order valence-electron chi connectivity index (χ0n) is 10.5. The summed E-state index contributed by atoms with van der Waals surface area (Å²) in [7, 11) is 0. The molecule has 3 N–H and O–H groups in total. The minimum absolute atomic E-state index is 0.306. The number of aliphatic imine (C=N–C) groups is 1. The molecular weight excluding hydrogens is 318 g/mol. The molecule has 2 aromatic rings. The van der Waals surface area contributed by atoms with Crippen molar-refractivity contribution in [3.63, 3.8) is 0 Å². The Kier molecular flexibility index (Phi) is 3.38. The van der Waals surface area contributed by atoms with Gasteiger partial charge in [-0.2, -0.15) is 0 Å². The third-order valence-corrected chi connectivity index (χ3v) is 3.57. The Balaban J connectivity index is 2.23. The summed E-state index contributed by atoms with van der Waals surface area (Å²) >= 11 is 3.45. The maximum absolute atomic E-state index is 11.9. The van der Waals surface area contributed by atoms with Gasteiger partial charge in [0.25, 0.3) is 5.91 Å². The molecule has 0 bridgehead atoms. The van der Waals surface area contributed by atoms with Crippen molar-refractivity contribution in [2.45, 2.75) is 6.17 Å². The van der Waals surface area contributed by atoms with Gasteiger partial charge in [-0.05, 0) is 18.2 Å². The summed E-state index contributed by atoms with van der Waals surface area (Å²) in [5.74, 6) is -0.306. The number of carbonyl (C=O) groups is 1. The number of nitrogens with two attached hydrogens (primary N) is 1. The fourth-order valence-corrected chi connectivity index (χ4v) is 2.48. The van der Waals surface area contributed by atoms with Crippen LogP contribution in [0.25, 0.3) is 0 Å². The summed E-state index contributed by atoms with van der Waals surface area (Å²) in [5.41, 5.74) is 9.03. The molecule has 2 aromatic carbocycles. The number of anilines is 1. The molecule has 0 saturated carbocycles. The van der Waals surface area contributed by atoms with Crippen molar-refractivity contribution in [3.05, 3.63) is 64.1 Å². The number of nitrogens with one attached hydrogen (secondary N) is 1. The highest BCUT2D eigenvalue weighted by atomic mass is 79.9. The highest BCUT2D eigenvalue weighted by Gasteiger charge is 2.23. The van der Waals surface area contributed by atoms with Gasteiger partial charge in [-0.15, -0.1) is 0 Å². The Morgan fingerprint density at radius 2 is 1.90 bits per heavy atom. The first-order valence-corrected chi connectivity index (χ1v) is 6.94. The molecule has 0 unspecified atom stereocenters. The van der Waals surface area contributed by atoms with Crippen LogP contribution in [0.2, 0.25) is 0 Å². The van der Waals surface area contributed by atoms with Gasteiger partial charge >= 0.3 is 0 Å². The summed E-state index contributed by atoms with van der Waals surface area (Å²) < 4.78 is 0.921. The van der Waals surface area contributed by atoms with E-state index in [0.29, 0.717) is 11.4 Å². The maximum Gasteiger partial charge on any atom is 0.263 e. The summed E-state index contributed by atoms with van der Waals surface area (Å²) in [6, 6.07) is 15.3. The van der Waals surface area contributed by atoms with E-state index in [4.69, 9.17) is 5.73 Å². The number of rotatable bonds is 1. The summed E-state index contributed by atoms with van der Waals surface area (Å²) in [6.45, 7) is 0. The number of benzene rings is 2. The first-order chi connectivity index (χ1) is 9.65. The maximum atomic E-state index is 11.9. The number of carbonyl (C=O) groups excluding carboxylic acids is 1. The van der Waals surface area contributed by atoms with Gasteiger partial charge in [0.05, 0.1) is 11.4 Å². The molecule has 0 fully saturated rings. The van der Waals surface area contributed by atoms with Gasteiger partial charge in [0.1, 0.15) is 0 Å². The standard InChI is InChI=1S/C15H12BrN3O/c16-10-6-7-12-11(8-10)13(9-4-2-1-3-5-9)19-14(17)15(20)18-12/h1-8,14H,17H2,(H,18,20)/t14-/m0/s1. The first-order valence-electron chi connectivity index (χ1n) is 6.15. The van der Waals surface area contributed by atoms with Crippen molar-refractivity contribution in [2.75, 3.05) is 5.32 Å². The van der Waals surface area contributed by atoms with E-state index in [-0.39, 0.29) is 5.91 Å². The van der Waals surface area contributed by atoms with E-state index in [9.17, 15) is 4.79 Å². The van der Waals surface area contributed by atoms with Crippen molar-refractivity contribution in [3.8, 4) is 0 Å². The van der Waals surface area contributed by atoms with E-state index in [1.54, 1.807) is 0 Å². The van der Waals surface area contributed by atoms with Crippen LogP contribution in [-0.4, -0.2) is 17.8 Å². The molecular formula is C15H12BrN3O. The molecule has 0 saturated heterocycles. The number of halogens is 1. The normalized spacial score (nSPS) is 17.8. The van der Waals surface area contributed by atoms with E-state index in [2.05, 4.69) is 26.2 Å². The lowest BCUT2D eigenvalue weighted by atomic mass is 10.0. The molecule has 4 nitrogen and oxygen atoms in total. The van der Waals surface area contributed by atoms with Crippen LogP contribution in [0.3, 0.4) is 0 Å². The van der Waals surface area contributed by atoms with Crippen molar-refractivity contribution in [1.29, 1.82) is 0 Å². The van der Waals surface area contributed by atoms with Gasteiger partial charge in [0.2, 0.25) is 0 Å². The second kappa shape index (κ2) is 5.19. The number of fused-ring (bicyclic) bond motifs is 1. The second-order valence-corrected chi connectivity index (χ2v) is 5.38. The van der Waals surface area contributed by atoms with Gasteiger partial charge in [0, 0.05) is 15.6 Å². The van der Waals surface area contributed by atoms with Crippen LogP contribution in [0.5, 0.6) is 0 Å². The Morgan fingerprint density at radius 3 is 2.65 bits per heavy atom. The quantitative estimate of drug-likeness (QED) is 0.844. The topological polar surface area (TPSA) is 67.5 Å². The van der Waals surface area contributed by atoms with Crippen LogP contribution in [0.15, 0.2) is 58.0 Å². The predicted molar refractivity (Wildman–Crippen MR) is 82.8 cm³/mol. The minimum atomic E-state index is -0.906. The highest BCUT2D eigenvalue weighted by molar-refractivity contribution is 9.10. The molecule has 3 rings (SSSR count). The monoisotopic (exact) mass is 329 g/mol. The molecule has 5 heteroatoms. The predicted octanol–water partition coefficient (Wildman–Crippen LogP) is 2.52. The van der Waals surface area contributed by atoms with E-state index in [0.717, 1.165) is 15.6 Å². The Hall–Kier alpha value is -1.98. The Morgan fingerprint density at radius 1 is 1.15 bits per heavy atom. The molecule has 20 heavy (non-hydrogen) atoms. The zero-order chi connectivity index (χ0) is 14.1. The lowest BCUT2D eigenvalue weighted by molar-refractivity contribution is -0.117. The third kappa shape index (κ3) is 2.37. The Labute approximate surface area is 124 Å². The van der Waals surface area contributed by atoms with E-state index in [1.165, 1.54) is 0 Å². The van der Waals surface area contributed by atoms with Crippen LogP contribution >= 0.6 is 15.9 Å². The largest absolute Gasteiger partial charge is 0.322 e. The smallest absolute Gasteiger partial charge is 0.263 e. The molecule has 100 valence electrons. The molecule has 0 spiro atoms. The van der Waals surface area contributed by atoms with Gasteiger partial charge in [-0.1, -0.05) is 46.3 Å². The average Bonchev–Trinajstić information content (AvgIpc) is 2.58. The fourth-order valence-electron chi connectivity index (χ4n) is 2.12. The number of hydrogen-bond donors (Lipinski definition) is 2. The summed E-state index contributed by atoms with van der Waals surface area (Å²) in [4.78, 5) is 16.3. The number of amides is 1. The lowest BCUT2D eigenvalue weighted by Crippen LogP contribution is -2.33. The number of nitrogens with zero attached hydrogens (tertiary/aromatic N) is 1. The molecule has 0 radical (unpaired) electrons. The van der Waals surface area contributed by atoms with Crippen molar-refractivity contribution in [1.82, 2.24) is 0 Å². The van der Waals surface area contributed by atoms with Crippen LogP contribution in [0.4, 0.5) is 5.69 Å². The second-order valence-electron chi connectivity index (χ2n) is 4.47. The van der Waals surface area contributed by atoms with Gasteiger partial charge in [0.15, 0.2) is 6.17 Å². The molecule has 1 aliphatic heterocycles. The summed E-state index contributed by atoms with van der Waals surface area (Å²) in [6.07, 6.45) is -0.906. The van der Waals surface area contributed by atoms with Gasteiger partial charge < -0.3 is 11.1 Å².